The summed E-state index contributed by atoms with van der Waals surface area (Å²) in [5.74, 6) is 4.58. The molecule has 3 N–H and O–H groups in total. The van der Waals surface area contributed by atoms with Gasteiger partial charge in [-0.25, -0.2) is 5.43 Å². The van der Waals surface area contributed by atoms with Crippen LogP contribution in [0.1, 0.15) is 105 Å². The lowest BCUT2D eigenvalue weighted by Gasteiger charge is -2.59. The molecule has 212 valence electrons. The minimum absolute atomic E-state index is 0.135. The molecule has 0 saturated heterocycles. The van der Waals surface area contributed by atoms with Crippen LogP contribution in [0.2, 0.25) is 0 Å². The van der Waals surface area contributed by atoms with Crippen molar-refractivity contribution in [1.29, 1.82) is 0 Å². The van der Waals surface area contributed by atoms with E-state index in [0.29, 0.717) is 30.7 Å². The molecule has 4 aliphatic carbocycles. The molecule has 3 saturated carbocycles. The van der Waals surface area contributed by atoms with E-state index < -0.39 is 5.60 Å². The van der Waals surface area contributed by atoms with Crippen molar-refractivity contribution in [1.82, 2.24) is 15.8 Å². The summed E-state index contributed by atoms with van der Waals surface area (Å²) < 4.78 is 0. The zero-order chi connectivity index (χ0) is 27.0. The van der Waals surface area contributed by atoms with Crippen LogP contribution in [-0.4, -0.2) is 48.7 Å². The van der Waals surface area contributed by atoms with E-state index in [1.807, 2.05) is 14.1 Å². The number of allylic oxidation sites excluding steroid dienone is 1. The molecule has 4 rings (SSSR count). The van der Waals surface area contributed by atoms with E-state index in [-0.39, 0.29) is 11.3 Å². The van der Waals surface area contributed by atoms with Crippen molar-refractivity contribution in [3.8, 4) is 0 Å². The second kappa shape index (κ2) is 11.3. The number of hydrogen-bond donors (Lipinski definition) is 3. The van der Waals surface area contributed by atoms with Gasteiger partial charge in [0, 0.05) is 19.5 Å². The van der Waals surface area contributed by atoms with Gasteiger partial charge in [-0.3, -0.25) is 10.2 Å². The van der Waals surface area contributed by atoms with Gasteiger partial charge in [-0.05, 0) is 105 Å². The Hall–Kier alpha value is -0.910. The molecule has 4 aliphatic rings. The van der Waals surface area contributed by atoms with E-state index in [4.69, 9.17) is 0 Å². The highest BCUT2D eigenvalue weighted by Gasteiger charge is 2.60. The van der Waals surface area contributed by atoms with Gasteiger partial charge < -0.3 is 10.0 Å². The fraction of sp³-hybridized carbons (Fsp3) is 0.906. The van der Waals surface area contributed by atoms with Crippen LogP contribution < -0.4 is 10.9 Å². The standard InChI is InChI=1S/C32H57N3O2/c1-22(2)9-8-10-23(3)26-13-14-27-25-12-11-24-21-32(37,29(36)34-33-19-20-35(6)7)18-17-30(24,4)28(25)15-16-31(26,27)5/h11,22-23,25-28,33,37H,8-10,12-21H2,1-7H3,(H,34,36)/t23-,25+,26-,27+,28+,30+,31-,32?/m1/s1. The fourth-order valence-corrected chi connectivity index (χ4v) is 9.40. The van der Waals surface area contributed by atoms with Crippen molar-refractivity contribution in [3.05, 3.63) is 11.6 Å². The van der Waals surface area contributed by atoms with Gasteiger partial charge in [-0.1, -0.05) is 65.5 Å². The summed E-state index contributed by atoms with van der Waals surface area (Å²) in [5.41, 5.74) is 6.48. The Morgan fingerprint density at radius 1 is 1.08 bits per heavy atom. The molecule has 8 atom stereocenters. The largest absolute Gasteiger partial charge is 0.380 e. The lowest BCUT2D eigenvalue weighted by molar-refractivity contribution is -0.146. The third kappa shape index (κ3) is 5.70. The van der Waals surface area contributed by atoms with Crippen molar-refractivity contribution in [3.63, 3.8) is 0 Å². The Bertz CT molecular complexity index is 840. The predicted octanol–water partition coefficient (Wildman–Crippen LogP) is 5.94. The number of likely N-dealkylation sites (N-methyl/N-ethyl adjacent to an activating group) is 1. The number of aliphatic hydroxyl groups is 1. The van der Waals surface area contributed by atoms with Crippen LogP contribution in [-0.2, 0) is 4.79 Å². The molecule has 1 unspecified atom stereocenters. The fourth-order valence-electron chi connectivity index (χ4n) is 9.40. The van der Waals surface area contributed by atoms with Crippen molar-refractivity contribution in [2.75, 3.05) is 27.2 Å². The highest BCUT2D eigenvalue weighted by atomic mass is 16.3. The Morgan fingerprint density at radius 3 is 2.54 bits per heavy atom. The number of hydrazine groups is 1. The summed E-state index contributed by atoms with van der Waals surface area (Å²) in [6.07, 6.45) is 15.2. The lowest BCUT2D eigenvalue weighted by Crippen LogP contribution is -2.58. The minimum atomic E-state index is -1.30. The van der Waals surface area contributed by atoms with Gasteiger partial charge in [0.05, 0.1) is 0 Å². The normalized spacial score (nSPS) is 40.1. The monoisotopic (exact) mass is 515 g/mol. The molecule has 0 radical (unpaired) electrons. The number of fused-ring (bicyclic) bond motifs is 5. The maximum atomic E-state index is 13.0. The number of hydrogen-bond acceptors (Lipinski definition) is 4. The summed E-state index contributed by atoms with van der Waals surface area (Å²) in [6, 6.07) is 0. The van der Waals surface area contributed by atoms with E-state index in [0.717, 1.165) is 49.0 Å². The zero-order valence-corrected chi connectivity index (χ0v) is 25.0. The summed E-state index contributed by atoms with van der Waals surface area (Å²) >= 11 is 0. The van der Waals surface area contributed by atoms with Crippen LogP contribution in [0.4, 0.5) is 0 Å². The van der Waals surface area contributed by atoms with Crippen LogP contribution in [0.3, 0.4) is 0 Å². The van der Waals surface area contributed by atoms with Gasteiger partial charge in [-0.15, -0.1) is 0 Å². The van der Waals surface area contributed by atoms with E-state index in [2.05, 4.69) is 56.4 Å². The number of nitrogens with one attached hydrogen (secondary N) is 2. The molecule has 37 heavy (non-hydrogen) atoms. The zero-order valence-electron chi connectivity index (χ0n) is 25.0. The van der Waals surface area contributed by atoms with Gasteiger partial charge in [0.15, 0.2) is 0 Å². The first-order valence-electron chi connectivity index (χ1n) is 15.5. The number of carbonyl (C=O) groups excluding carboxylic acids is 1. The van der Waals surface area contributed by atoms with Crippen LogP contribution in [0.25, 0.3) is 0 Å². The van der Waals surface area contributed by atoms with Crippen LogP contribution in [0.15, 0.2) is 11.6 Å². The van der Waals surface area contributed by atoms with Crippen molar-refractivity contribution in [2.45, 2.75) is 111 Å². The first-order valence-corrected chi connectivity index (χ1v) is 15.5. The molecule has 3 fully saturated rings. The van der Waals surface area contributed by atoms with Gasteiger partial charge in [0.25, 0.3) is 5.91 Å². The number of nitrogens with zero attached hydrogens (tertiary/aromatic N) is 1. The van der Waals surface area contributed by atoms with E-state index in [9.17, 15) is 9.90 Å². The van der Waals surface area contributed by atoms with Crippen LogP contribution in [0.5, 0.6) is 0 Å². The Balaban J connectivity index is 1.42. The smallest absolute Gasteiger partial charge is 0.266 e. The van der Waals surface area contributed by atoms with E-state index >= 15 is 0 Å². The molecule has 0 aromatic rings. The molecule has 0 aromatic heterocycles. The molecule has 5 heteroatoms. The quantitative estimate of drug-likeness (QED) is 0.191. The predicted molar refractivity (Wildman–Crippen MR) is 153 cm³/mol. The molecule has 0 bridgehead atoms. The van der Waals surface area contributed by atoms with Gasteiger partial charge in [0.1, 0.15) is 5.60 Å². The van der Waals surface area contributed by atoms with Crippen molar-refractivity contribution in [2.24, 2.45) is 46.3 Å². The summed E-state index contributed by atoms with van der Waals surface area (Å²) in [6.45, 7) is 13.9. The number of rotatable bonds is 10. The lowest BCUT2D eigenvalue weighted by atomic mass is 9.46. The molecule has 0 heterocycles. The molecule has 0 spiro atoms. The van der Waals surface area contributed by atoms with Crippen LogP contribution >= 0.6 is 0 Å². The number of carbonyl (C=O) groups is 1. The molecular weight excluding hydrogens is 458 g/mol. The Morgan fingerprint density at radius 2 is 1.84 bits per heavy atom. The number of amides is 1. The first kappa shape index (κ1) is 29.1. The molecule has 5 nitrogen and oxygen atoms in total. The first-order chi connectivity index (χ1) is 17.4. The van der Waals surface area contributed by atoms with Gasteiger partial charge >= 0.3 is 0 Å². The van der Waals surface area contributed by atoms with E-state index in [1.54, 1.807) is 0 Å². The minimum Gasteiger partial charge on any atom is -0.380 e. The average Bonchev–Trinajstić information content (AvgIpc) is 3.19. The second-order valence-electron chi connectivity index (χ2n) is 14.7. The SMILES string of the molecule is CC(C)CCC[C@@H](C)[C@H]1CC[C@H]2[C@@H]3CC=C4CC(O)(C(=O)NNCCN(C)C)CC[C@]4(C)[C@H]3CC[C@]12C. The molecule has 0 aromatic carbocycles. The van der Waals surface area contributed by atoms with Crippen LogP contribution in [0, 0.1) is 46.3 Å². The average molecular weight is 516 g/mol. The van der Waals surface area contributed by atoms with E-state index in [1.165, 1.54) is 50.5 Å². The maximum Gasteiger partial charge on any atom is 0.266 e. The van der Waals surface area contributed by atoms with Gasteiger partial charge in [0.2, 0.25) is 0 Å². The van der Waals surface area contributed by atoms with Gasteiger partial charge in [-0.2, -0.15) is 0 Å². The van der Waals surface area contributed by atoms with Crippen molar-refractivity contribution >= 4 is 5.91 Å². The molecule has 1 amide bonds. The highest BCUT2D eigenvalue weighted by Crippen LogP contribution is 2.67. The molecular formula is C32H57N3O2. The second-order valence-corrected chi connectivity index (χ2v) is 14.7. The third-order valence-electron chi connectivity index (χ3n) is 11.7. The molecule has 0 aliphatic heterocycles. The Labute approximate surface area is 227 Å². The maximum absolute atomic E-state index is 13.0. The topological polar surface area (TPSA) is 64.6 Å². The Kier molecular flexibility index (Phi) is 8.88. The van der Waals surface area contributed by atoms with Crippen molar-refractivity contribution < 1.29 is 9.90 Å². The third-order valence-corrected chi connectivity index (χ3v) is 11.7. The summed E-state index contributed by atoms with van der Waals surface area (Å²) in [7, 11) is 4.02. The summed E-state index contributed by atoms with van der Waals surface area (Å²) in [5, 5.41) is 11.4. The highest BCUT2D eigenvalue weighted by molar-refractivity contribution is 5.85. The summed E-state index contributed by atoms with van der Waals surface area (Å²) in [4.78, 5) is 15.0.